The number of nitrogens with zero attached hydrogens (tertiary/aromatic N) is 2. The van der Waals surface area contributed by atoms with Gasteiger partial charge in [0.15, 0.2) is 10.6 Å². The van der Waals surface area contributed by atoms with Gasteiger partial charge in [0.2, 0.25) is 0 Å². The largest absolute Gasteiger partial charge is 0.298 e. The molecule has 0 bridgehead atoms. The minimum Gasteiger partial charge on any atom is -0.298 e. The van der Waals surface area contributed by atoms with Crippen LogP contribution < -0.4 is 0 Å². The zero-order valence-corrected chi connectivity index (χ0v) is 8.72. The Bertz CT molecular complexity index is 411. The number of aromatic nitrogens is 2. The second-order valence-electron chi connectivity index (χ2n) is 2.45. The number of pyridine rings is 1. The smallest absolute Gasteiger partial charge is 0.156 e. The number of thiazole rings is 1. The van der Waals surface area contributed by atoms with Crippen molar-refractivity contribution in [3.63, 3.8) is 0 Å². The lowest BCUT2D eigenvalue weighted by atomic mass is 10.3. The molecule has 0 saturated heterocycles. The summed E-state index contributed by atoms with van der Waals surface area (Å²) in [5, 5.41) is 2.77. The van der Waals surface area contributed by atoms with Gasteiger partial charge in [-0.2, -0.15) is 0 Å². The fraction of sp³-hybridized carbons (Fsp3) is 0. The molecule has 0 radical (unpaired) electrons. The van der Waals surface area contributed by atoms with Crippen molar-refractivity contribution < 1.29 is 4.79 Å². The molecule has 70 valence electrons. The Morgan fingerprint density at radius 3 is 2.86 bits per heavy atom. The Morgan fingerprint density at radius 2 is 2.29 bits per heavy atom. The molecular weight excluding hydrogens is 216 g/mol. The fourth-order valence-electron chi connectivity index (χ4n) is 0.872. The van der Waals surface area contributed by atoms with Crippen LogP contribution in [0.2, 0.25) is 0 Å². The third kappa shape index (κ3) is 2.18. The maximum atomic E-state index is 10.4. The molecule has 0 aromatic carbocycles. The van der Waals surface area contributed by atoms with Gasteiger partial charge in [0.05, 0.1) is 0 Å². The Hall–Kier alpha value is -1.20. The molecule has 0 amide bonds. The minimum atomic E-state index is 0.591. The Kier molecular flexibility index (Phi) is 2.90. The number of carbonyl (C=O) groups is 1. The van der Waals surface area contributed by atoms with Gasteiger partial charge in [-0.25, -0.2) is 9.97 Å². The predicted octanol–water partition coefficient (Wildman–Crippen LogP) is 2.50. The van der Waals surface area contributed by atoms with Crippen molar-refractivity contribution in [3.8, 4) is 0 Å². The van der Waals surface area contributed by atoms with E-state index in [-0.39, 0.29) is 0 Å². The Labute approximate surface area is 89.2 Å². The summed E-state index contributed by atoms with van der Waals surface area (Å²) in [4.78, 5) is 18.6. The summed E-state index contributed by atoms with van der Waals surface area (Å²) < 4.78 is 0.955. The van der Waals surface area contributed by atoms with Gasteiger partial charge < -0.3 is 0 Å². The Morgan fingerprint density at radius 1 is 1.36 bits per heavy atom. The van der Waals surface area contributed by atoms with Gasteiger partial charge >= 0.3 is 0 Å². The molecule has 2 rings (SSSR count). The number of hydrogen-bond acceptors (Lipinski definition) is 5. The molecule has 0 spiro atoms. The summed E-state index contributed by atoms with van der Waals surface area (Å²) in [6.07, 6.45) is 4.10. The third-order valence-electron chi connectivity index (χ3n) is 1.50. The van der Waals surface area contributed by atoms with Crippen LogP contribution in [0.4, 0.5) is 0 Å². The first-order valence-corrected chi connectivity index (χ1v) is 5.56. The van der Waals surface area contributed by atoms with E-state index in [2.05, 4.69) is 9.97 Å². The summed E-state index contributed by atoms with van der Waals surface area (Å²) in [6.45, 7) is 0. The topological polar surface area (TPSA) is 42.9 Å². The summed E-state index contributed by atoms with van der Waals surface area (Å²) >= 11 is 3.06. The first-order chi connectivity index (χ1) is 6.88. The average Bonchev–Trinajstić information content (AvgIpc) is 2.72. The van der Waals surface area contributed by atoms with Crippen LogP contribution >= 0.6 is 23.1 Å². The third-order valence-corrected chi connectivity index (χ3v) is 3.33. The van der Waals surface area contributed by atoms with E-state index < -0.39 is 0 Å². The molecular formula is C9H6N2OS2. The van der Waals surface area contributed by atoms with Crippen LogP contribution in [0.15, 0.2) is 39.3 Å². The summed E-state index contributed by atoms with van der Waals surface area (Å²) in [7, 11) is 0. The molecule has 2 heterocycles. The molecule has 0 aliphatic carbocycles. The standard InChI is InChI=1S/C9H6N2OS2/c12-6-7-1-2-8(11-5-7)14-9-10-3-4-13-9/h1-6H. The number of carbonyl (C=O) groups excluding carboxylic acids is 1. The van der Waals surface area contributed by atoms with Crippen molar-refractivity contribution in [2.75, 3.05) is 0 Å². The molecule has 0 fully saturated rings. The van der Waals surface area contributed by atoms with Crippen LogP contribution in [0.1, 0.15) is 10.4 Å². The first kappa shape index (κ1) is 9.36. The van der Waals surface area contributed by atoms with Crippen LogP contribution in [-0.2, 0) is 0 Å². The second kappa shape index (κ2) is 4.34. The lowest BCUT2D eigenvalue weighted by molar-refractivity contribution is 0.112. The molecule has 0 saturated carbocycles. The SMILES string of the molecule is O=Cc1ccc(Sc2nccs2)nc1. The van der Waals surface area contributed by atoms with Crippen molar-refractivity contribution in [2.24, 2.45) is 0 Å². The zero-order chi connectivity index (χ0) is 9.80. The molecule has 0 aliphatic rings. The molecule has 14 heavy (non-hydrogen) atoms. The van der Waals surface area contributed by atoms with E-state index in [1.54, 1.807) is 29.8 Å². The van der Waals surface area contributed by atoms with Gasteiger partial charge in [0, 0.05) is 23.3 Å². The van der Waals surface area contributed by atoms with Crippen LogP contribution in [0, 0.1) is 0 Å². The number of aldehydes is 1. The van der Waals surface area contributed by atoms with E-state index in [0.717, 1.165) is 15.7 Å². The van der Waals surface area contributed by atoms with Crippen molar-refractivity contribution in [2.45, 2.75) is 9.37 Å². The molecule has 2 aromatic heterocycles. The highest BCUT2D eigenvalue weighted by Gasteiger charge is 2.00. The van der Waals surface area contributed by atoms with E-state index in [9.17, 15) is 4.79 Å². The minimum absolute atomic E-state index is 0.591. The highest BCUT2D eigenvalue weighted by Crippen LogP contribution is 2.27. The van der Waals surface area contributed by atoms with Crippen LogP contribution in [0.5, 0.6) is 0 Å². The maximum absolute atomic E-state index is 10.4. The number of rotatable bonds is 3. The van der Waals surface area contributed by atoms with Gasteiger partial charge in [-0.1, -0.05) is 0 Å². The molecule has 3 nitrogen and oxygen atoms in total. The monoisotopic (exact) mass is 222 g/mol. The molecule has 0 aliphatic heterocycles. The van der Waals surface area contributed by atoms with Crippen molar-refractivity contribution >= 4 is 29.4 Å². The maximum Gasteiger partial charge on any atom is 0.156 e. The average molecular weight is 222 g/mol. The van der Waals surface area contributed by atoms with Gasteiger partial charge in [0.1, 0.15) is 5.03 Å². The lowest BCUT2D eigenvalue weighted by Crippen LogP contribution is -1.83. The molecule has 0 unspecified atom stereocenters. The molecule has 0 N–H and O–H groups in total. The lowest BCUT2D eigenvalue weighted by Gasteiger charge is -1.95. The van der Waals surface area contributed by atoms with Gasteiger partial charge in [-0.3, -0.25) is 4.79 Å². The van der Waals surface area contributed by atoms with Gasteiger partial charge in [-0.15, -0.1) is 11.3 Å². The van der Waals surface area contributed by atoms with E-state index in [0.29, 0.717) is 5.56 Å². The molecule has 2 aromatic rings. The van der Waals surface area contributed by atoms with E-state index in [4.69, 9.17) is 0 Å². The van der Waals surface area contributed by atoms with Crippen LogP contribution in [-0.4, -0.2) is 16.3 Å². The second-order valence-corrected chi connectivity index (χ2v) is 4.61. The fourth-order valence-corrected chi connectivity index (χ4v) is 2.38. The van der Waals surface area contributed by atoms with Gasteiger partial charge in [0.25, 0.3) is 0 Å². The molecule has 5 heteroatoms. The predicted molar refractivity (Wildman–Crippen MR) is 55.9 cm³/mol. The van der Waals surface area contributed by atoms with Crippen molar-refractivity contribution in [1.82, 2.24) is 9.97 Å². The molecule has 0 atom stereocenters. The van der Waals surface area contributed by atoms with Crippen molar-refractivity contribution in [1.29, 1.82) is 0 Å². The van der Waals surface area contributed by atoms with E-state index in [1.807, 2.05) is 11.4 Å². The summed E-state index contributed by atoms with van der Waals surface area (Å²) in [5.41, 5.74) is 0.591. The summed E-state index contributed by atoms with van der Waals surface area (Å²) in [6, 6.07) is 3.56. The number of hydrogen-bond donors (Lipinski definition) is 0. The van der Waals surface area contributed by atoms with Gasteiger partial charge in [-0.05, 0) is 23.9 Å². The van der Waals surface area contributed by atoms with Crippen LogP contribution in [0.3, 0.4) is 0 Å². The summed E-state index contributed by atoms with van der Waals surface area (Å²) in [5.74, 6) is 0. The Balaban J connectivity index is 2.14. The normalized spacial score (nSPS) is 10.0. The van der Waals surface area contributed by atoms with E-state index in [1.165, 1.54) is 11.8 Å². The van der Waals surface area contributed by atoms with Crippen LogP contribution in [0.25, 0.3) is 0 Å². The zero-order valence-electron chi connectivity index (χ0n) is 7.08. The first-order valence-electron chi connectivity index (χ1n) is 3.87. The quantitative estimate of drug-likeness (QED) is 0.748. The van der Waals surface area contributed by atoms with Crippen molar-refractivity contribution in [3.05, 3.63) is 35.5 Å². The highest BCUT2D eigenvalue weighted by atomic mass is 32.2. The van der Waals surface area contributed by atoms with E-state index >= 15 is 0 Å². The highest BCUT2D eigenvalue weighted by molar-refractivity contribution is 8.00.